The first-order valence-corrected chi connectivity index (χ1v) is 8.69. The van der Waals surface area contributed by atoms with Crippen molar-refractivity contribution >= 4 is 36.0 Å². The first kappa shape index (κ1) is 18.6. The summed E-state index contributed by atoms with van der Waals surface area (Å²) in [5.74, 6) is 1.21. The molecule has 21 heavy (non-hydrogen) atoms. The van der Waals surface area contributed by atoms with Gasteiger partial charge in [-0.25, -0.2) is 0 Å². The first-order valence-electron chi connectivity index (χ1n) is 7.54. The van der Waals surface area contributed by atoms with Gasteiger partial charge in [0.1, 0.15) is 0 Å². The maximum absolute atomic E-state index is 12.1. The summed E-state index contributed by atoms with van der Waals surface area (Å²) in [6.07, 6.45) is 3.47. The molecule has 0 aliphatic carbocycles. The van der Waals surface area contributed by atoms with E-state index in [4.69, 9.17) is 0 Å². The van der Waals surface area contributed by atoms with E-state index in [0.29, 0.717) is 11.5 Å². The monoisotopic (exact) mass is 335 g/mol. The minimum Gasteiger partial charge on any atom is -0.342 e. The Labute approximate surface area is 137 Å². The Morgan fingerprint density at radius 1 is 1.10 bits per heavy atom. The lowest BCUT2D eigenvalue weighted by Crippen LogP contribution is -2.52. The van der Waals surface area contributed by atoms with E-state index >= 15 is 0 Å². The van der Waals surface area contributed by atoms with E-state index in [1.807, 2.05) is 9.80 Å². The topological polar surface area (TPSA) is 52.7 Å². The van der Waals surface area contributed by atoms with Crippen molar-refractivity contribution in [1.82, 2.24) is 15.1 Å². The molecule has 0 bridgehead atoms. The van der Waals surface area contributed by atoms with Crippen molar-refractivity contribution in [2.24, 2.45) is 0 Å². The highest BCUT2D eigenvalue weighted by Crippen LogP contribution is 2.12. The quantitative estimate of drug-likeness (QED) is 0.832. The maximum Gasteiger partial charge on any atom is 0.232 e. The largest absolute Gasteiger partial charge is 0.342 e. The molecule has 0 unspecified atom stereocenters. The van der Waals surface area contributed by atoms with E-state index in [0.717, 1.165) is 45.6 Å². The summed E-state index contributed by atoms with van der Waals surface area (Å²) in [6.45, 7) is 6.36. The fraction of sp³-hybridized carbons (Fsp3) is 0.857. The van der Waals surface area contributed by atoms with E-state index in [1.165, 1.54) is 18.2 Å². The number of hydrogen-bond acceptors (Lipinski definition) is 4. The molecular weight excluding hydrogens is 310 g/mol. The summed E-state index contributed by atoms with van der Waals surface area (Å²) in [5, 5.41) is 3.28. The standard InChI is InChI=1S/C14H25N3O2S.ClH/c1-12-9-15-5-8-17(12)14(19)11-20-10-13(18)16-6-3-2-4-7-16;/h12,15H,2-11H2,1H3;1H/t12-;/m0./s1. The highest BCUT2D eigenvalue weighted by Gasteiger charge is 2.23. The molecule has 0 radical (unpaired) electrons. The van der Waals surface area contributed by atoms with Crippen LogP contribution in [0.25, 0.3) is 0 Å². The molecule has 2 rings (SSSR count). The van der Waals surface area contributed by atoms with Gasteiger partial charge in [0.15, 0.2) is 0 Å². The number of carbonyl (C=O) groups excluding carboxylic acids is 2. The highest BCUT2D eigenvalue weighted by molar-refractivity contribution is 8.00. The van der Waals surface area contributed by atoms with Crippen LogP contribution >= 0.6 is 24.2 Å². The van der Waals surface area contributed by atoms with Crippen LogP contribution in [0.2, 0.25) is 0 Å². The molecule has 0 saturated carbocycles. The molecule has 2 saturated heterocycles. The van der Waals surface area contributed by atoms with Crippen LogP contribution < -0.4 is 5.32 Å². The second-order valence-electron chi connectivity index (χ2n) is 5.57. The zero-order chi connectivity index (χ0) is 14.4. The van der Waals surface area contributed by atoms with Gasteiger partial charge in [0, 0.05) is 38.8 Å². The molecule has 5 nitrogen and oxygen atoms in total. The number of thioether (sulfide) groups is 1. The number of nitrogens with one attached hydrogen (secondary N) is 1. The van der Waals surface area contributed by atoms with Crippen LogP contribution in [0.5, 0.6) is 0 Å². The Morgan fingerprint density at radius 3 is 2.43 bits per heavy atom. The van der Waals surface area contributed by atoms with Crippen LogP contribution in [0.15, 0.2) is 0 Å². The van der Waals surface area contributed by atoms with Gasteiger partial charge in [-0.2, -0.15) is 0 Å². The summed E-state index contributed by atoms with van der Waals surface area (Å²) >= 11 is 1.46. The molecule has 2 fully saturated rings. The van der Waals surface area contributed by atoms with Gasteiger partial charge in [-0.1, -0.05) is 0 Å². The third kappa shape index (κ3) is 5.68. The van der Waals surface area contributed by atoms with Gasteiger partial charge < -0.3 is 15.1 Å². The van der Waals surface area contributed by atoms with Gasteiger partial charge in [0.25, 0.3) is 0 Å². The molecule has 0 aromatic carbocycles. The lowest BCUT2D eigenvalue weighted by molar-refractivity contribution is -0.131. The number of rotatable bonds is 4. The van der Waals surface area contributed by atoms with Crippen molar-refractivity contribution in [1.29, 1.82) is 0 Å². The minimum atomic E-state index is 0. The van der Waals surface area contributed by atoms with E-state index in [1.54, 1.807) is 0 Å². The van der Waals surface area contributed by atoms with Gasteiger partial charge in [0.05, 0.1) is 11.5 Å². The molecule has 1 atom stereocenters. The Hall–Kier alpha value is -0.460. The van der Waals surface area contributed by atoms with Crippen molar-refractivity contribution < 1.29 is 9.59 Å². The highest BCUT2D eigenvalue weighted by atomic mass is 35.5. The van der Waals surface area contributed by atoms with E-state index in [9.17, 15) is 9.59 Å². The maximum atomic E-state index is 12.1. The van der Waals surface area contributed by atoms with Crippen molar-refractivity contribution in [2.45, 2.75) is 32.2 Å². The summed E-state index contributed by atoms with van der Waals surface area (Å²) < 4.78 is 0. The number of amides is 2. The molecule has 7 heteroatoms. The fourth-order valence-electron chi connectivity index (χ4n) is 2.75. The molecule has 122 valence electrons. The lowest BCUT2D eigenvalue weighted by Gasteiger charge is -2.34. The molecule has 0 spiro atoms. The second-order valence-corrected chi connectivity index (χ2v) is 6.56. The lowest BCUT2D eigenvalue weighted by atomic mass is 10.1. The Kier molecular flexibility index (Phi) is 8.44. The third-order valence-electron chi connectivity index (χ3n) is 3.98. The zero-order valence-corrected chi connectivity index (χ0v) is 14.3. The minimum absolute atomic E-state index is 0. The molecule has 0 aromatic rings. The van der Waals surface area contributed by atoms with Crippen molar-refractivity contribution in [3.8, 4) is 0 Å². The average Bonchev–Trinajstić information content (AvgIpc) is 2.48. The molecule has 2 heterocycles. The normalized spacial score (nSPS) is 22.6. The van der Waals surface area contributed by atoms with Crippen LogP contribution in [0.3, 0.4) is 0 Å². The van der Waals surface area contributed by atoms with Crippen LogP contribution in [-0.4, -0.2) is 71.9 Å². The smallest absolute Gasteiger partial charge is 0.232 e. The van der Waals surface area contributed by atoms with Gasteiger partial charge in [-0.05, 0) is 26.2 Å². The third-order valence-corrected chi connectivity index (χ3v) is 4.88. The molecule has 2 amide bonds. The zero-order valence-electron chi connectivity index (χ0n) is 12.7. The fourth-order valence-corrected chi connectivity index (χ4v) is 3.55. The van der Waals surface area contributed by atoms with E-state index < -0.39 is 0 Å². The van der Waals surface area contributed by atoms with Gasteiger partial charge in [0.2, 0.25) is 11.8 Å². The number of piperazine rings is 1. The van der Waals surface area contributed by atoms with Crippen molar-refractivity contribution in [3.05, 3.63) is 0 Å². The van der Waals surface area contributed by atoms with Crippen LogP contribution in [0, 0.1) is 0 Å². The summed E-state index contributed by atoms with van der Waals surface area (Å²) in [7, 11) is 0. The second kappa shape index (κ2) is 9.54. The predicted molar refractivity (Wildman–Crippen MR) is 89.0 cm³/mol. The number of halogens is 1. The van der Waals surface area contributed by atoms with Gasteiger partial charge >= 0.3 is 0 Å². The van der Waals surface area contributed by atoms with Crippen LogP contribution in [-0.2, 0) is 9.59 Å². The van der Waals surface area contributed by atoms with Crippen molar-refractivity contribution in [3.63, 3.8) is 0 Å². The number of piperidine rings is 1. The molecule has 2 aliphatic heterocycles. The SMILES string of the molecule is C[C@H]1CNCCN1C(=O)CSCC(=O)N1CCCCC1.Cl. The molecular formula is C14H26ClN3O2S. The Bertz CT molecular complexity index is 351. The summed E-state index contributed by atoms with van der Waals surface area (Å²) in [6, 6.07) is 0.259. The number of nitrogens with zero attached hydrogens (tertiary/aromatic N) is 2. The average molecular weight is 336 g/mol. The van der Waals surface area contributed by atoms with Gasteiger partial charge in [-0.15, -0.1) is 24.2 Å². The van der Waals surface area contributed by atoms with Crippen LogP contribution in [0.1, 0.15) is 26.2 Å². The molecule has 0 aromatic heterocycles. The number of hydrogen-bond donors (Lipinski definition) is 1. The van der Waals surface area contributed by atoms with E-state index in [2.05, 4.69) is 12.2 Å². The van der Waals surface area contributed by atoms with Crippen LogP contribution in [0.4, 0.5) is 0 Å². The van der Waals surface area contributed by atoms with E-state index in [-0.39, 0.29) is 30.3 Å². The predicted octanol–water partition coefficient (Wildman–Crippen LogP) is 0.974. The Balaban J connectivity index is 0.00000220. The first-order chi connectivity index (χ1) is 9.68. The van der Waals surface area contributed by atoms with Crippen molar-refractivity contribution in [2.75, 3.05) is 44.2 Å². The summed E-state index contributed by atoms with van der Waals surface area (Å²) in [5.41, 5.74) is 0. The molecule has 1 N–H and O–H groups in total. The van der Waals surface area contributed by atoms with Gasteiger partial charge in [-0.3, -0.25) is 9.59 Å². The number of carbonyl (C=O) groups is 2. The number of likely N-dealkylation sites (tertiary alicyclic amines) is 1. The Morgan fingerprint density at radius 2 is 1.76 bits per heavy atom. The summed E-state index contributed by atoms with van der Waals surface area (Å²) in [4.78, 5) is 28.0. The molecule has 2 aliphatic rings.